The highest BCUT2D eigenvalue weighted by atomic mass is 32.2. The highest BCUT2D eigenvalue weighted by Crippen LogP contribution is 2.28. The number of hydrogen-bond donors (Lipinski definition) is 1. The molecule has 1 aromatic heterocycles. The van der Waals surface area contributed by atoms with Crippen LogP contribution in [0.5, 0.6) is 0 Å². The SMILES string of the molecule is CS(=O)(=O)NCc1ccc2ccn(C3CCN(CCc4ccc(F)cc4)CC3)c2c1. The molecule has 5 nitrogen and oxygen atoms in total. The van der Waals surface area contributed by atoms with Gasteiger partial charge in [-0.3, -0.25) is 0 Å². The molecule has 0 amide bonds. The van der Waals surface area contributed by atoms with Crippen molar-refractivity contribution in [3.63, 3.8) is 0 Å². The number of fused-ring (bicyclic) bond motifs is 1. The summed E-state index contributed by atoms with van der Waals surface area (Å²) in [6.07, 6.45) is 6.43. The molecule has 30 heavy (non-hydrogen) atoms. The van der Waals surface area contributed by atoms with Crippen molar-refractivity contribution in [1.82, 2.24) is 14.2 Å². The molecule has 1 aliphatic rings. The molecule has 1 N–H and O–H groups in total. The molecule has 1 saturated heterocycles. The van der Waals surface area contributed by atoms with Crippen LogP contribution in [0.4, 0.5) is 4.39 Å². The number of aromatic nitrogens is 1. The van der Waals surface area contributed by atoms with Crippen LogP contribution in [0.3, 0.4) is 0 Å². The summed E-state index contributed by atoms with van der Waals surface area (Å²) >= 11 is 0. The van der Waals surface area contributed by atoms with Gasteiger partial charge in [-0.2, -0.15) is 0 Å². The Hall–Kier alpha value is -2.22. The number of sulfonamides is 1. The van der Waals surface area contributed by atoms with Crippen LogP contribution in [-0.4, -0.2) is 43.8 Å². The van der Waals surface area contributed by atoms with E-state index in [-0.39, 0.29) is 5.82 Å². The lowest BCUT2D eigenvalue weighted by molar-refractivity contribution is 0.190. The van der Waals surface area contributed by atoms with E-state index in [0.29, 0.717) is 12.6 Å². The topological polar surface area (TPSA) is 54.3 Å². The number of halogens is 1. The van der Waals surface area contributed by atoms with E-state index in [1.54, 1.807) is 0 Å². The molecule has 2 heterocycles. The summed E-state index contributed by atoms with van der Waals surface area (Å²) in [5.41, 5.74) is 3.29. The predicted octanol–water partition coefficient (Wildman–Crippen LogP) is 3.71. The van der Waals surface area contributed by atoms with E-state index >= 15 is 0 Å². The van der Waals surface area contributed by atoms with E-state index in [4.69, 9.17) is 0 Å². The summed E-state index contributed by atoms with van der Waals surface area (Å²) in [5.74, 6) is -0.186. The summed E-state index contributed by atoms with van der Waals surface area (Å²) in [6, 6.07) is 15.5. The molecule has 0 bridgehead atoms. The molecule has 1 fully saturated rings. The number of benzene rings is 2. The van der Waals surface area contributed by atoms with E-state index < -0.39 is 10.0 Å². The summed E-state index contributed by atoms with van der Waals surface area (Å²) in [7, 11) is -3.21. The Morgan fingerprint density at radius 2 is 1.73 bits per heavy atom. The van der Waals surface area contributed by atoms with Crippen LogP contribution >= 0.6 is 0 Å². The molecule has 1 aliphatic heterocycles. The largest absolute Gasteiger partial charge is 0.344 e. The van der Waals surface area contributed by atoms with E-state index in [1.807, 2.05) is 18.2 Å². The van der Waals surface area contributed by atoms with E-state index in [9.17, 15) is 12.8 Å². The Kier molecular flexibility index (Phi) is 6.22. The van der Waals surface area contributed by atoms with Gasteiger partial charge in [0.15, 0.2) is 0 Å². The lowest BCUT2D eigenvalue weighted by atomic mass is 10.0. The Labute approximate surface area is 177 Å². The van der Waals surface area contributed by atoms with Crippen molar-refractivity contribution >= 4 is 20.9 Å². The fourth-order valence-corrected chi connectivity index (χ4v) is 4.63. The molecule has 0 saturated carbocycles. The molecule has 0 radical (unpaired) electrons. The minimum absolute atomic E-state index is 0.186. The second-order valence-corrected chi connectivity index (χ2v) is 9.99. The van der Waals surface area contributed by atoms with Crippen LogP contribution in [-0.2, 0) is 23.0 Å². The molecule has 7 heteroatoms. The molecule has 0 spiro atoms. The molecule has 160 valence electrons. The molecule has 0 unspecified atom stereocenters. The van der Waals surface area contributed by atoms with Crippen molar-refractivity contribution < 1.29 is 12.8 Å². The average Bonchev–Trinajstić information content (AvgIpc) is 3.15. The van der Waals surface area contributed by atoms with Gasteiger partial charge in [-0.25, -0.2) is 17.5 Å². The standard InChI is InChI=1S/C23H28FN3O2S/c1-30(28,29)25-17-19-2-5-20-9-15-27(23(20)16-19)22-10-13-26(14-11-22)12-8-18-3-6-21(24)7-4-18/h2-7,9,15-16,22,25H,8,10-14,17H2,1H3. The molecule has 3 aromatic rings. The average molecular weight is 430 g/mol. The highest BCUT2D eigenvalue weighted by molar-refractivity contribution is 7.88. The van der Waals surface area contributed by atoms with Gasteiger partial charge in [0.1, 0.15) is 5.82 Å². The summed E-state index contributed by atoms with van der Waals surface area (Å²) in [4.78, 5) is 2.48. The number of piperidine rings is 1. The third-order valence-electron chi connectivity index (χ3n) is 5.91. The fraction of sp³-hybridized carbons (Fsp3) is 0.391. The normalized spacial score (nSPS) is 16.3. The zero-order valence-electron chi connectivity index (χ0n) is 17.2. The number of nitrogens with one attached hydrogen (secondary N) is 1. The van der Waals surface area contributed by atoms with Crippen molar-refractivity contribution in [1.29, 1.82) is 0 Å². The van der Waals surface area contributed by atoms with Gasteiger partial charge in [-0.05, 0) is 60.0 Å². The minimum Gasteiger partial charge on any atom is -0.344 e. The third-order valence-corrected chi connectivity index (χ3v) is 6.58. The Balaban J connectivity index is 1.37. The minimum atomic E-state index is -3.21. The predicted molar refractivity (Wildman–Crippen MR) is 118 cm³/mol. The first-order valence-electron chi connectivity index (χ1n) is 10.4. The summed E-state index contributed by atoms with van der Waals surface area (Å²) < 4.78 is 40.7. The van der Waals surface area contributed by atoms with Crippen LogP contribution in [0.1, 0.15) is 30.0 Å². The second kappa shape index (κ2) is 8.88. The number of likely N-dealkylation sites (tertiary alicyclic amines) is 1. The lowest BCUT2D eigenvalue weighted by Crippen LogP contribution is -2.35. The van der Waals surface area contributed by atoms with E-state index in [0.717, 1.165) is 50.0 Å². The molecule has 0 atom stereocenters. The lowest BCUT2D eigenvalue weighted by Gasteiger charge is -2.33. The van der Waals surface area contributed by atoms with Crippen molar-refractivity contribution in [2.24, 2.45) is 0 Å². The Morgan fingerprint density at radius 3 is 2.43 bits per heavy atom. The smallest absolute Gasteiger partial charge is 0.209 e. The maximum absolute atomic E-state index is 13.0. The third kappa shape index (κ3) is 5.28. The Bertz CT molecular complexity index is 1100. The Morgan fingerprint density at radius 1 is 1.03 bits per heavy atom. The second-order valence-electron chi connectivity index (χ2n) is 8.16. The van der Waals surface area contributed by atoms with Crippen LogP contribution in [0.15, 0.2) is 54.7 Å². The van der Waals surface area contributed by atoms with Crippen LogP contribution < -0.4 is 4.72 Å². The van der Waals surface area contributed by atoms with E-state index in [1.165, 1.54) is 29.3 Å². The zero-order valence-corrected chi connectivity index (χ0v) is 18.0. The van der Waals surface area contributed by atoms with Crippen molar-refractivity contribution in [2.45, 2.75) is 31.8 Å². The van der Waals surface area contributed by atoms with Crippen LogP contribution in [0, 0.1) is 5.82 Å². The quantitative estimate of drug-likeness (QED) is 0.623. The monoisotopic (exact) mass is 429 g/mol. The zero-order chi connectivity index (χ0) is 21.1. The molecule has 0 aliphatic carbocycles. The number of rotatable bonds is 7. The first-order chi connectivity index (χ1) is 14.4. The van der Waals surface area contributed by atoms with Crippen molar-refractivity contribution in [3.05, 3.63) is 71.7 Å². The van der Waals surface area contributed by atoms with Gasteiger partial charge < -0.3 is 9.47 Å². The van der Waals surface area contributed by atoms with Gasteiger partial charge in [-0.1, -0.05) is 24.3 Å². The molecular weight excluding hydrogens is 401 g/mol. The van der Waals surface area contributed by atoms with E-state index in [2.05, 4.69) is 38.6 Å². The van der Waals surface area contributed by atoms with Crippen LogP contribution in [0.25, 0.3) is 10.9 Å². The summed E-state index contributed by atoms with van der Waals surface area (Å²) in [5, 5.41) is 1.18. The van der Waals surface area contributed by atoms with Gasteiger partial charge in [0, 0.05) is 43.9 Å². The van der Waals surface area contributed by atoms with Crippen molar-refractivity contribution in [2.75, 3.05) is 25.9 Å². The van der Waals surface area contributed by atoms with Crippen molar-refractivity contribution in [3.8, 4) is 0 Å². The summed E-state index contributed by atoms with van der Waals surface area (Å²) in [6.45, 7) is 3.38. The van der Waals surface area contributed by atoms with Gasteiger partial charge in [-0.15, -0.1) is 0 Å². The van der Waals surface area contributed by atoms with Gasteiger partial charge in [0.2, 0.25) is 10.0 Å². The van der Waals surface area contributed by atoms with Gasteiger partial charge in [0.25, 0.3) is 0 Å². The maximum Gasteiger partial charge on any atom is 0.209 e. The molecule has 2 aromatic carbocycles. The first kappa shape index (κ1) is 21.0. The maximum atomic E-state index is 13.0. The van der Waals surface area contributed by atoms with Gasteiger partial charge in [0.05, 0.1) is 6.26 Å². The highest BCUT2D eigenvalue weighted by Gasteiger charge is 2.21. The first-order valence-corrected chi connectivity index (χ1v) is 12.3. The van der Waals surface area contributed by atoms with Crippen LogP contribution in [0.2, 0.25) is 0 Å². The van der Waals surface area contributed by atoms with Gasteiger partial charge >= 0.3 is 0 Å². The molecular formula is C23H28FN3O2S. The number of nitrogens with zero attached hydrogens (tertiary/aromatic N) is 2. The number of hydrogen-bond acceptors (Lipinski definition) is 3. The molecule has 4 rings (SSSR count). The fourth-order valence-electron chi connectivity index (χ4n) is 4.20.